The molecule has 0 aliphatic carbocycles. The van der Waals surface area contributed by atoms with E-state index in [1.807, 2.05) is 0 Å². The van der Waals surface area contributed by atoms with Gasteiger partial charge in [-0.25, -0.2) is 0 Å². The third-order valence-electron chi connectivity index (χ3n) is 1.19. The van der Waals surface area contributed by atoms with Crippen molar-refractivity contribution in [2.75, 3.05) is 0 Å². The molecule has 0 amide bonds. The minimum atomic E-state index is -0.495. The lowest BCUT2D eigenvalue weighted by Crippen LogP contribution is -2.21. The molecule has 1 rings (SSSR count). The van der Waals surface area contributed by atoms with E-state index in [2.05, 4.69) is 5.16 Å². The predicted octanol–water partition coefficient (Wildman–Crippen LogP) is 0.708. The van der Waals surface area contributed by atoms with Crippen molar-refractivity contribution in [3.63, 3.8) is 0 Å². The van der Waals surface area contributed by atoms with Crippen LogP contribution in [0.1, 0.15) is 13.3 Å². The molecule has 0 saturated carbocycles. The van der Waals surface area contributed by atoms with E-state index in [1.165, 1.54) is 0 Å². The van der Waals surface area contributed by atoms with Crippen LogP contribution in [0.5, 0.6) is 0 Å². The number of aliphatic hydroxyl groups excluding tert-OH is 1. The molecule has 2 unspecified atom stereocenters. The molecule has 1 aliphatic heterocycles. The van der Waals surface area contributed by atoms with Crippen LogP contribution in [0.15, 0.2) is 5.16 Å². The van der Waals surface area contributed by atoms with Gasteiger partial charge in [-0.2, -0.15) is 0 Å². The van der Waals surface area contributed by atoms with Crippen molar-refractivity contribution in [3.8, 4) is 0 Å². The zero-order valence-electron chi connectivity index (χ0n) is 5.04. The molecule has 9 heavy (non-hydrogen) atoms. The molecule has 3 nitrogen and oxygen atoms in total. The minimum Gasteiger partial charge on any atom is -0.389 e. The summed E-state index contributed by atoms with van der Waals surface area (Å²) in [5.41, 5.74) is 0. The van der Waals surface area contributed by atoms with Crippen LogP contribution < -0.4 is 0 Å². The summed E-state index contributed by atoms with van der Waals surface area (Å²) < 4.78 is 0. The maximum absolute atomic E-state index is 8.91. The highest BCUT2D eigenvalue weighted by Gasteiger charge is 2.23. The Bertz CT molecular complexity index is 135. The van der Waals surface area contributed by atoms with Gasteiger partial charge in [0.25, 0.3) is 0 Å². The number of hydrogen-bond donors (Lipinski definition) is 1. The number of oxime groups is 1. The maximum Gasteiger partial charge on any atom is 0.159 e. The third-order valence-corrected chi connectivity index (χ3v) is 1.42. The molecular formula is C5H8ClNO2. The molecule has 0 spiro atoms. The van der Waals surface area contributed by atoms with Gasteiger partial charge in [0, 0.05) is 6.42 Å². The summed E-state index contributed by atoms with van der Waals surface area (Å²) in [6.07, 6.45) is -0.207. The highest BCUT2D eigenvalue weighted by Crippen LogP contribution is 2.15. The van der Waals surface area contributed by atoms with Gasteiger partial charge in [0.15, 0.2) is 6.10 Å². The second kappa shape index (κ2) is 2.54. The van der Waals surface area contributed by atoms with Gasteiger partial charge < -0.3 is 9.94 Å². The van der Waals surface area contributed by atoms with Crippen molar-refractivity contribution in [1.29, 1.82) is 0 Å². The molecule has 0 bridgehead atoms. The number of aliphatic hydroxyl groups is 1. The SMILES string of the molecule is CC(O)C1CC(Cl)=NO1. The van der Waals surface area contributed by atoms with Crippen molar-refractivity contribution in [2.45, 2.75) is 25.6 Å². The normalized spacial score (nSPS) is 29.2. The summed E-state index contributed by atoms with van der Waals surface area (Å²) in [5, 5.41) is 12.8. The fourth-order valence-electron chi connectivity index (χ4n) is 0.624. The summed E-state index contributed by atoms with van der Waals surface area (Å²) in [6.45, 7) is 1.65. The van der Waals surface area contributed by atoms with Crippen molar-refractivity contribution in [1.82, 2.24) is 0 Å². The van der Waals surface area contributed by atoms with Gasteiger partial charge in [0.2, 0.25) is 0 Å². The summed E-state index contributed by atoms with van der Waals surface area (Å²) in [6, 6.07) is 0. The molecule has 1 aliphatic rings. The summed E-state index contributed by atoms with van der Waals surface area (Å²) in [4.78, 5) is 4.73. The highest BCUT2D eigenvalue weighted by atomic mass is 35.5. The van der Waals surface area contributed by atoms with E-state index in [4.69, 9.17) is 21.5 Å². The monoisotopic (exact) mass is 149 g/mol. The Kier molecular flexibility index (Phi) is 1.93. The average Bonchev–Trinajstić information content (AvgIpc) is 2.14. The van der Waals surface area contributed by atoms with E-state index in [1.54, 1.807) is 6.92 Å². The van der Waals surface area contributed by atoms with Gasteiger partial charge in [0.1, 0.15) is 5.17 Å². The molecule has 0 aromatic rings. The van der Waals surface area contributed by atoms with Gasteiger partial charge in [0.05, 0.1) is 6.10 Å². The second-order valence-corrected chi connectivity index (χ2v) is 2.49. The average molecular weight is 150 g/mol. The minimum absolute atomic E-state index is 0.238. The van der Waals surface area contributed by atoms with Crippen molar-refractivity contribution in [3.05, 3.63) is 0 Å². The van der Waals surface area contributed by atoms with Crippen LogP contribution in [0.25, 0.3) is 0 Å². The van der Waals surface area contributed by atoms with E-state index < -0.39 is 6.10 Å². The van der Waals surface area contributed by atoms with Gasteiger partial charge >= 0.3 is 0 Å². The van der Waals surface area contributed by atoms with Crippen molar-refractivity contribution in [2.24, 2.45) is 5.16 Å². The van der Waals surface area contributed by atoms with Crippen LogP contribution in [0.3, 0.4) is 0 Å². The largest absolute Gasteiger partial charge is 0.389 e. The third kappa shape index (κ3) is 1.56. The Morgan fingerprint density at radius 3 is 2.89 bits per heavy atom. The lowest BCUT2D eigenvalue weighted by atomic mass is 10.2. The van der Waals surface area contributed by atoms with Crippen molar-refractivity contribution >= 4 is 16.8 Å². The van der Waals surface area contributed by atoms with Crippen molar-refractivity contribution < 1.29 is 9.94 Å². The second-order valence-electron chi connectivity index (χ2n) is 2.06. The number of rotatable bonds is 1. The molecule has 0 radical (unpaired) electrons. The first-order valence-corrected chi connectivity index (χ1v) is 3.14. The Morgan fingerprint density at radius 2 is 2.67 bits per heavy atom. The number of nitrogens with zero attached hydrogens (tertiary/aromatic N) is 1. The standard InChI is InChI=1S/C5H8ClNO2/c1-3(8)4-2-5(6)7-9-4/h3-4,8H,2H2,1H3. The molecule has 1 N–H and O–H groups in total. The Hall–Kier alpha value is -0.280. The smallest absolute Gasteiger partial charge is 0.159 e. The summed E-state index contributed by atoms with van der Waals surface area (Å²) in [5.74, 6) is 0. The molecular weight excluding hydrogens is 142 g/mol. The van der Waals surface area contributed by atoms with Crippen LogP contribution in [0.2, 0.25) is 0 Å². The predicted molar refractivity (Wildman–Crippen MR) is 34.5 cm³/mol. The van der Waals surface area contributed by atoms with Gasteiger partial charge in [-0.05, 0) is 6.92 Å². The molecule has 1 heterocycles. The molecule has 0 aromatic carbocycles. The molecule has 2 atom stereocenters. The van der Waals surface area contributed by atoms with E-state index in [-0.39, 0.29) is 6.10 Å². The van der Waals surface area contributed by atoms with Crippen LogP contribution in [0, 0.1) is 0 Å². The molecule has 0 fully saturated rings. The van der Waals surface area contributed by atoms with Gasteiger partial charge in [-0.15, -0.1) is 0 Å². The number of halogens is 1. The first-order chi connectivity index (χ1) is 4.20. The fourth-order valence-corrected chi connectivity index (χ4v) is 0.816. The van der Waals surface area contributed by atoms with E-state index in [9.17, 15) is 0 Å². The Balaban J connectivity index is 2.37. The summed E-state index contributed by atoms with van der Waals surface area (Å²) >= 11 is 5.46. The molecule has 0 aromatic heterocycles. The molecule has 0 saturated heterocycles. The summed E-state index contributed by atoms with van der Waals surface area (Å²) in [7, 11) is 0. The lowest BCUT2D eigenvalue weighted by molar-refractivity contribution is -0.00780. The first kappa shape index (κ1) is 6.83. The topological polar surface area (TPSA) is 41.8 Å². The number of hydrogen-bond acceptors (Lipinski definition) is 3. The zero-order valence-corrected chi connectivity index (χ0v) is 5.80. The fraction of sp³-hybridized carbons (Fsp3) is 0.800. The van der Waals surface area contributed by atoms with Crippen LogP contribution in [-0.2, 0) is 4.84 Å². The van der Waals surface area contributed by atoms with Crippen LogP contribution >= 0.6 is 11.6 Å². The molecule has 4 heteroatoms. The zero-order chi connectivity index (χ0) is 6.85. The van der Waals surface area contributed by atoms with Gasteiger partial charge in [-0.3, -0.25) is 0 Å². The lowest BCUT2D eigenvalue weighted by Gasteiger charge is -2.08. The van der Waals surface area contributed by atoms with E-state index in [0.29, 0.717) is 11.6 Å². The van der Waals surface area contributed by atoms with Gasteiger partial charge in [-0.1, -0.05) is 16.8 Å². The van der Waals surface area contributed by atoms with E-state index in [0.717, 1.165) is 0 Å². The maximum atomic E-state index is 8.91. The Labute approximate surface area is 58.3 Å². The quantitative estimate of drug-likeness (QED) is 0.597. The Morgan fingerprint density at radius 1 is 2.00 bits per heavy atom. The first-order valence-electron chi connectivity index (χ1n) is 2.76. The van der Waals surface area contributed by atoms with Crippen LogP contribution in [-0.4, -0.2) is 22.5 Å². The highest BCUT2D eigenvalue weighted by molar-refractivity contribution is 6.65. The van der Waals surface area contributed by atoms with Crippen LogP contribution in [0.4, 0.5) is 0 Å². The molecule has 52 valence electrons. The van der Waals surface area contributed by atoms with E-state index >= 15 is 0 Å².